The lowest BCUT2D eigenvalue weighted by molar-refractivity contribution is -0.122. The second-order valence-corrected chi connectivity index (χ2v) is 5.43. The first-order valence-electron chi connectivity index (χ1n) is 7.60. The third-order valence-electron chi connectivity index (χ3n) is 3.29. The Hall–Kier alpha value is -2.14. The highest BCUT2D eigenvalue weighted by atomic mass is 16.5. The second kappa shape index (κ2) is 9.00. The molecule has 1 aromatic heterocycles. The second-order valence-electron chi connectivity index (χ2n) is 5.43. The summed E-state index contributed by atoms with van der Waals surface area (Å²) in [6.45, 7) is 4.53. The van der Waals surface area contributed by atoms with Crippen molar-refractivity contribution in [3.63, 3.8) is 0 Å². The summed E-state index contributed by atoms with van der Waals surface area (Å²) >= 11 is 0. The number of hydrogen-bond donors (Lipinski definition) is 1. The molecule has 5 heteroatoms. The number of hydrogen-bond acceptors (Lipinski definition) is 3. The van der Waals surface area contributed by atoms with Gasteiger partial charge in [-0.2, -0.15) is 5.10 Å². The number of nitrogens with one attached hydrogen (secondary N) is 1. The monoisotopic (exact) mass is 301 g/mol. The molecule has 0 aliphatic carbocycles. The average Bonchev–Trinajstić information content (AvgIpc) is 3.03. The van der Waals surface area contributed by atoms with Crippen molar-refractivity contribution in [3.8, 4) is 0 Å². The van der Waals surface area contributed by atoms with Crippen LogP contribution in [0.25, 0.3) is 0 Å². The van der Waals surface area contributed by atoms with Gasteiger partial charge in [-0.1, -0.05) is 37.3 Å². The highest BCUT2D eigenvalue weighted by Gasteiger charge is 2.06. The molecule has 118 valence electrons. The normalized spacial score (nSPS) is 12.0. The Morgan fingerprint density at radius 2 is 2.14 bits per heavy atom. The summed E-state index contributed by atoms with van der Waals surface area (Å²) in [5, 5.41) is 7.09. The van der Waals surface area contributed by atoms with Crippen LogP contribution in [0.2, 0.25) is 0 Å². The molecule has 22 heavy (non-hydrogen) atoms. The predicted octanol–water partition coefficient (Wildman–Crippen LogP) is 2.24. The number of carbonyl (C=O) groups excluding carboxylic acids is 1. The van der Waals surface area contributed by atoms with Crippen LogP contribution in [-0.2, 0) is 22.7 Å². The van der Waals surface area contributed by atoms with Crippen LogP contribution in [0.15, 0.2) is 48.8 Å². The first-order valence-corrected chi connectivity index (χ1v) is 7.60. The number of carbonyl (C=O) groups is 1. The van der Waals surface area contributed by atoms with E-state index >= 15 is 0 Å². The van der Waals surface area contributed by atoms with E-state index in [1.165, 1.54) is 0 Å². The van der Waals surface area contributed by atoms with Crippen molar-refractivity contribution in [1.29, 1.82) is 0 Å². The fraction of sp³-hybridized carbons (Fsp3) is 0.412. The molecule has 0 aliphatic heterocycles. The molecule has 2 aromatic rings. The van der Waals surface area contributed by atoms with E-state index < -0.39 is 0 Å². The first kappa shape index (κ1) is 16.2. The lowest BCUT2D eigenvalue weighted by Gasteiger charge is -2.13. The Bertz CT molecular complexity index is 540. The molecule has 1 N–H and O–H groups in total. The number of benzene rings is 1. The first-order chi connectivity index (χ1) is 10.7. The van der Waals surface area contributed by atoms with E-state index in [9.17, 15) is 4.79 Å². The molecule has 0 bridgehead atoms. The van der Waals surface area contributed by atoms with Crippen LogP contribution in [0.3, 0.4) is 0 Å². The van der Waals surface area contributed by atoms with Crippen LogP contribution < -0.4 is 5.32 Å². The van der Waals surface area contributed by atoms with Crippen LogP contribution in [0.4, 0.5) is 0 Å². The number of rotatable bonds is 9. The molecule has 1 aromatic carbocycles. The van der Waals surface area contributed by atoms with Crippen molar-refractivity contribution < 1.29 is 9.53 Å². The fourth-order valence-electron chi connectivity index (χ4n) is 2.10. The molecule has 0 aliphatic rings. The summed E-state index contributed by atoms with van der Waals surface area (Å²) in [7, 11) is 0. The number of ether oxygens (including phenoxy) is 1. The minimum Gasteiger partial charge on any atom is -0.376 e. The predicted molar refractivity (Wildman–Crippen MR) is 85.1 cm³/mol. The Kier molecular flexibility index (Phi) is 6.64. The summed E-state index contributed by atoms with van der Waals surface area (Å²) in [5.41, 5.74) is 1.12. The zero-order chi connectivity index (χ0) is 15.6. The van der Waals surface area contributed by atoms with Gasteiger partial charge in [-0.15, -0.1) is 0 Å². The van der Waals surface area contributed by atoms with Gasteiger partial charge in [0.2, 0.25) is 5.91 Å². The summed E-state index contributed by atoms with van der Waals surface area (Å²) in [6.07, 6.45) is 4.08. The molecule has 1 amide bonds. The van der Waals surface area contributed by atoms with E-state index in [0.717, 1.165) is 12.1 Å². The van der Waals surface area contributed by atoms with Gasteiger partial charge < -0.3 is 10.1 Å². The maximum atomic E-state index is 11.7. The van der Waals surface area contributed by atoms with E-state index in [0.29, 0.717) is 32.1 Å². The lowest BCUT2D eigenvalue weighted by atomic mass is 10.2. The Morgan fingerprint density at radius 1 is 1.32 bits per heavy atom. The third-order valence-corrected chi connectivity index (χ3v) is 3.29. The van der Waals surface area contributed by atoms with Gasteiger partial charge in [0.1, 0.15) is 0 Å². The summed E-state index contributed by atoms with van der Waals surface area (Å²) in [4.78, 5) is 11.7. The smallest absolute Gasteiger partial charge is 0.222 e. The van der Waals surface area contributed by atoms with Gasteiger partial charge in [0, 0.05) is 31.9 Å². The Balaban J connectivity index is 1.54. The topological polar surface area (TPSA) is 56.1 Å². The van der Waals surface area contributed by atoms with E-state index in [4.69, 9.17) is 4.74 Å². The van der Waals surface area contributed by atoms with Gasteiger partial charge in [0.05, 0.1) is 13.2 Å². The highest BCUT2D eigenvalue weighted by Crippen LogP contribution is 2.01. The summed E-state index contributed by atoms with van der Waals surface area (Å²) in [6, 6.07) is 11.9. The van der Waals surface area contributed by atoms with Crippen LogP contribution in [0.1, 0.15) is 18.9 Å². The van der Waals surface area contributed by atoms with Crippen molar-refractivity contribution >= 4 is 5.91 Å². The Morgan fingerprint density at radius 3 is 2.86 bits per heavy atom. The highest BCUT2D eigenvalue weighted by molar-refractivity contribution is 5.75. The summed E-state index contributed by atoms with van der Waals surface area (Å²) in [5.74, 6) is 0.370. The van der Waals surface area contributed by atoms with E-state index in [-0.39, 0.29) is 5.91 Å². The van der Waals surface area contributed by atoms with Gasteiger partial charge in [-0.05, 0) is 17.5 Å². The zero-order valence-electron chi connectivity index (χ0n) is 12.9. The molecular formula is C17H23N3O2. The minimum atomic E-state index is 0.0281. The van der Waals surface area contributed by atoms with Crippen molar-refractivity contribution in [2.75, 3.05) is 13.2 Å². The van der Waals surface area contributed by atoms with E-state index in [2.05, 4.69) is 17.3 Å². The lowest BCUT2D eigenvalue weighted by Crippen LogP contribution is -2.30. The molecule has 0 spiro atoms. The standard InChI is InChI=1S/C17H23N3O2/c1-15(13-20-10-5-9-19-20)12-18-17(21)8-11-22-14-16-6-3-2-4-7-16/h2-7,9-10,15H,8,11-14H2,1H3,(H,18,21)/t15-/m0/s1. The average molecular weight is 301 g/mol. The van der Waals surface area contributed by atoms with Gasteiger partial charge >= 0.3 is 0 Å². The van der Waals surface area contributed by atoms with E-state index in [1.807, 2.05) is 47.3 Å². The number of aromatic nitrogens is 2. The zero-order valence-corrected chi connectivity index (χ0v) is 12.9. The van der Waals surface area contributed by atoms with Crippen molar-refractivity contribution in [2.24, 2.45) is 5.92 Å². The molecule has 0 saturated carbocycles. The molecule has 5 nitrogen and oxygen atoms in total. The minimum absolute atomic E-state index is 0.0281. The van der Waals surface area contributed by atoms with Crippen LogP contribution >= 0.6 is 0 Å². The molecule has 1 atom stereocenters. The maximum absolute atomic E-state index is 11.7. The maximum Gasteiger partial charge on any atom is 0.222 e. The van der Waals surface area contributed by atoms with Gasteiger partial charge in [-0.3, -0.25) is 9.48 Å². The fourth-order valence-corrected chi connectivity index (χ4v) is 2.10. The quantitative estimate of drug-likeness (QED) is 0.723. The SMILES string of the molecule is C[C@@H](CNC(=O)CCOCc1ccccc1)Cn1cccn1. The van der Waals surface area contributed by atoms with Crippen LogP contribution in [0.5, 0.6) is 0 Å². The van der Waals surface area contributed by atoms with Crippen molar-refractivity contribution in [3.05, 3.63) is 54.4 Å². The molecule has 0 fully saturated rings. The van der Waals surface area contributed by atoms with Gasteiger partial charge in [-0.25, -0.2) is 0 Å². The van der Waals surface area contributed by atoms with Crippen LogP contribution in [0, 0.1) is 5.92 Å². The number of amides is 1. The molecule has 0 unspecified atom stereocenters. The molecule has 2 rings (SSSR count). The third kappa shape index (κ3) is 6.10. The largest absolute Gasteiger partial charge is 0.376 e. The number of nitrogens with zero attached hydrogens (tertiary/aromatic N) is 2. The van der Waals surface area contributed by atoms with Crippen LogP contribution in [-0.4, -0.2) is 28.8 Å². The van der Waals surface area contributed by atoms with Crippen molar-refractivity contribution in [2.45, 2.75) is 26.5 Å². The van der Waals surface area contributed by atoms with E-state index in [1.54, 1.807) is 6.20 Å². The van der Waals surface area contributed by atoms with Gasteiger partial charge in [0.25, 0.3) is 0 Å². The summed E-state index contributed by atoms with van der Waals surface area (Å²) < 4.78 is 7.38. The molecule has 0 saturated heterocycles. The van der Waals surface area contributed by atoms with Gasteiger partial charge in [0.15, 0.2) is 0 Å². The molecule has 0 radical (unpaired) electrons. The Labute approximate surface area is 131 Å². The molecular weight excluding hydrogens is 278 g/mol. The molecule has 1 heterocycles. The van der Waals surface area contributed by atoms with Crippen molar-refractivity contribution in [1.82, 2.24) is 15.1 Å².